The van der Waals surface area contributed by atoms with Crippen LogP contribution in [-0.2, 0) is 15.0 Å². The van der Waals surface area contributed by atoms with E-state index in [0.29, 0.717) is 0 Å². The Balaban J connectivity index is 1.72. The highest BCUT2D eigenvalue weighted by Gasteiger charge is 2.51. The van der Waals surface area contributed by atoms with Crippen LogP contribution >= 0.6 is 15.9 Å². The Kier molecular flexibility index (Phi) is 4.95. The molecular formula is C20H21BrN2O2. The molecule has 1 aliphatic rings. The molecule has 1 aliphatic carbocycles. The summed E-state index contributed by atoms with van der Waals surface area (Å²) in [6.45, 7) is 3.44. The molecule has 2 N–H and O–H groups in total. The maximum absolute atomic E-state index is 12.9. The van der Waals surface area contributed by atoms with Crippen molar-refractivity contribution < 1.29 is 9.59 Å². The SMILES string of the molecule is CC(=O)Nc1cccc([C@@H](C)NC(=O)C2(c3ccc(Br)cc3)CC2)c1. The highest BCUT2D eigenvalue weighted by molar-refractivity contribution is 9.10. The molecule has 1 fully saturated rings. The molecule has 0 radical (unpaired) electrons. The first-order valence-corrected chi connectivity index (χ1v) is 9.14. The summed E-state index contributed by atoms with van der Waals surface area (Å²) in [4.78, 5) is 24.1. The fraction of sp³-hybridized carbons (Fsp3) is 0.300. The minimum Gasteiger partial charge on any atom is -0.349 e. The molecule has 4 nitrogen and oxygen atoms in total. The van der Waals surface area contributed by atoms with E-state index in [4.69, 9.17) is 0 Å². The van der Waals surface area contributed by atoms with Crippen molar-refractivity contribution in [2.24, 2.45) is 0 Å². The van der Waals surface area contributed by atoms with Gasteiger partial charge in [0.1, 0.15) is 0 Å². The Morgan fingerprint density at radius 1 is 1.12 bits per heavy atom. The number of hydrogen-bond donors (Lipinski definition) is 2. The van der Waals surface area contributed by atoms with Crippen LogP contribution in [0.1, 0.15) is 43.9 Å². The van der Waals surface area contributed by atoms with E-state index < -0.39 is 5.41 Å². The smallest absolute Gasteiger partial charge is 0.231 e. The second-order valence-corrected chi connectivity index (χ2v) is 7.51. The van der Waals surface area contributed by atoms with Gasteiger partial charge in [-0.05, 0) is 55.2 Å². The van der Waals surface area contributed by atoms with Crippen molar-refractivity contribution in [2.75, 3.05) is 5.32 Å². The summed E-state index contributed by atoms with van der Waals surface area (Å²) in [7, 11) is 0. The maximum atomic E-state index is 12.9. The molecule has 0 heterocycles. The van der Waals surface area contributed by atoms with Crippen LogP contribution < -0.4 is 10.6 Å². The number of hydrogen-bond acceptors (Lipinski definition) is 2. The third kappa shape index (κ3) is 3.93. The third-order valence-corrected chi connectivity index (χ3v) is 5.16. The van der Waals surface area contributed by atoms with Gasteiger partial charge in [-0.1, -0.05) is 40.2 Å². The van der Waals surface area contributed by atoms with Crippen LogP contribution in [0.3, 0.4) is 0 Å². The number of amides is 2. The van der Waals surface area contributed by atoms with Crippen LogP contribution in [0, 0.1) is 0 Å². The molecule has 5 heteroatoms. The van der Waals surface area contributed by atoms with Gasteiger partial charge in [-0.25, -0.2) is 0 Å². The van der Waals surface area contributed by atoms with Gasteiger partial charge >= 0.3 is 0 Å². The number of anilines is 1. The predicted octanol–water partition coefficient (Wildman–Crippen LogP) is 4.32. The maximum Gasteiger partial charge on any atom is 0.231 e. The van der Waals surface area contributed by atoms with E-state index in [1.165, 1.54) is 6.92 Å². The van der Waals surface area contributed by atoms with Crippen LogP contribution in [0.25, 0.3) is 0 Å². The number of nitrogens with one attached hydrogen (secondary N) is 2. The van der Waals surface area contributed by atoms with Crippen LogP contribution in [0.2, 0.25) is 0 Å². The predicted molar refractivity (Wildman–Crippen MR) is 102 cm³/mol. The van der Waals surface area contributed by atoms with Gasteiger partial charge < -0.3 is 10.6 Å². The summed E-state index contributed by atoms with van der Waals surface area (Å²) in [6, 6.07) is 15.4. The van der Waals surface area contributed by atoms with E-state index in [0.717, 1.165) is 34.1 Å². The van der Waals surface area contributed by atoms with Gasteiger partial charge in [-0.2, -0.15) is 0 Å². The second-order valence-electron chi connectivity index (χ2n) is 6.59. The van der Waals surface area contributed by atoms with Crippen LogP contribution in [0.4, 0.5) is 5.69 Å². The van der Waals surface area contributed by atoms with E-state index >= 15 is 0 Å². The first kappa shape index (κ1) is 17.7. The lowest BCUT2D eigenvalue weighted by atomic mass is 9.94. The number of carbonyl (C=O) groups excluding carboxylic acids is 2. The first-order valence-electron chi connectivity index (χ1n) is 8.35. The summed E-state index contributed by atoms with van der Waals surface area (Å²) in [5.74, 6) is -0.0479. The molecule has 1 saturated carbocycles. The fourth-order valence-electron chi connectivity index (χ4n) is 3.05. The van der Waals surface area contributed by atoms with Crippen LogP contribution in [-0.4, -0.2) is 11.8 Å². The highest BCUT2D eigenvalue weighted by Crippen LogP contribution is 2.48. The van der Waals surface area contributed by atoms with Gasteiger partial charge in [-0.3, -0.25) is 9.59 Å². The molecule has 2 aromatic rings. The third-order valence-electron chi connectivity index (χ3n) is 4.64. The van der Waals surface area contributed by atoms with E-state index in [9.17, 15) is 9.59 Å². The zero-order valence-electron chi connectivity index (χ0n) is 14.3. The molecule has 1 atom stereocenters. The number of halogens is 1. The first-order chi connectivity index (χ1) is 11.9. The average molecular weight is 401 g/mol. The Morgan fingerprint density at radius 3 is 2.40 bits per heavy atom. The van der Waals surface area contributed by atoms with Crippen molar-refractivity contribution in [2.45, 2.75) is 38.1 Å². The number of benzene rings is 2. The summed E-state index contributed by atoms with van der Waals surface area (Å²) in [5, 5.41) is 5.90. The Morgan fingerprint density at radius 2 is 1.80 bits per heavy atom. The molecule has 0 spiro atoms. The van der Waals surface area contributed by atoms with Gasteiger partial charge in [0.15, 0.2) is 0 Å². The molecule has 130 valence electrons. The Labute approximate surface area is 156 Å². The number of carbonyl (C=O) groups is 2. The summed E-state index contributed by atoms with van der Waals surface area (Å²) < 4.78 is 1.01. The molecule has 2 aromatic carbocycles. The monoisotopic (exact) mass is 400 g/mol. The molecule has 0 aromatic heterocycles. The highest BCUT2D eigenvalue weighted by atomic mass is 79.9. The lowest BCUT2D eigenvalue weighted by Crippen LogP contribution is -2.36. The van der Waals surface area contributed by atoms with E-state index in [1.54, 1.807) is 0 Å². The Hall–Kier alpha value is -2.14. The van der Waals surface area contributed by atoms with Crippen molar-refractivity contribution in [3.63, 3.8) is 0 Å². The van der Waals surface area contributed by atoms with Gasteiger partial charge in [-0.15, -0.1) is 0 Å². The largest absolute Gasteiger partial charge is 0.349 e. The van der Waals surface area contributed by atoms with Crippen molar-refractivity contribution in [3.05, 3.63) is 64.1 Å². The quantitative estimate of drug-likeness (QED) is 0.784. The minimum atomic E-state index is -0.399. The summed E-state index contributed by atoms with van der Waals surface area (Å²) >= 11 is 3.43. The minimum absolute atomic E-state index is 0.0623. The van der Waals surface area contributed by atoms with Gasteiger partial charge in [0.25, 0.3) is 0 Å². The molecule has 0 aliphatic heterocycles. The van der Waals surface area contributed by atoms with E-state index in [2.05, 4.69) is 26.6 Å². The molecule has 0 unspecified atom stereocenters. The molecule has 25 heavy (non-hydrogen) atoms. The summed E-state index contributed by atoms with van der Waals surface area (Å²) in [5.41, 5.74) is 2.36. The van der Waals surface area contributed by atoms with Gasteiger partial charge in [0.2, 0.25) is 11.8 Å². The zero-order valence-corrected chi connectivity index (χ0v) is 15.9. The fourth-order valence-corrected chi connectivity index (χ4v) is 3.31. The lowest BCUT2D eigenvalue weighted by molar-refractivity contribution is -0.124. The normalized spacial score (nSPS) is 16.0. The molecule has 0 saturated heterocycles. The second kappa shape index (κ2) is 7.00. The number of rotatable bonds is 5. The van der Waals surface area contributed by atoms with Crippen molar-refractivity contribution in [3.8, 4) is 0 Å². The van der Waals surface area contributed by atoms with Crippen molar-refractivity contribution in [1.29, 1.82) is 0 Å². The van der Waals surface area contributed by atoms with Crippen LogP contribution in [0.15, 0.2) is 53.0 Å². The lowest BCUT2D eigenvalue weighted by Gasteiger charge is -2.21. The van der Waals surface area contributed by atoms with Gasteiger partial charge in [0.05, 0.1) is 11.5 Å². The Bertz CT molecular complexity index is 798. The molecule has 0 bridgehead atoms. The zero-order chi connectivity index (χ0) is 18.0. The average Bonchev–Trinajstić information content (AvgIpc) is 3.37. The van der Waals surface area contributed by atoms with Crippen LogP contribution in [0.5, 0.6) is 0 Å². The van der Waals surface area contributed by atoms with Crippen molar-refractivity contribution >= 4 is 33.4 Å². The van der Waals surface area contributed by atoms with Crippen molar-refractivity contribution in [1.82, 2.24) is 5.32 Å². The standard InChI is InChI=1S/C20H21BrN2O2/c1-13(15-4-3-5-18(12-15)23-14(2)24)22-19(25)20(10-11-20)16-6-8-17(21)9-7-16/h3-9,12-13H,10-11H2,1-2H3,(H,22,25)(H,23,24)/t13-/m1/s1. The molecule has 2 amide bonds. The molecule has 3 rings (SSSR count). The van der Waals surface area contributed by atoms with E-state index in [-0.39, 0.29) is 17.9 Å². The molecular weight excluding hydrogens is 380 g/mol. The summed E-state index contributed by atoms with van der Waals surface area (Å²) in [6.07, 6.45) is 1.75. The van der Waals surface area contributed by atoms with E-state index in [1.807, 2.05) is 55.5 Å². The van der Waals surface area contributed by atoms with Gasteiger partial charge in [0, 0.05) is 17.1 Å². The topological polar surface area (TPSA) is 58.2 Å².